The van der Waals surface area contributed by atoms with Crippen LogP contribution in [0.5, 0.6) is 5.75 Å². The molecule has 0 aliphatic carbocycles. The zero-order chi connectivity index (χ0) is 10.8. The Bertz CT molecular complexity index is 421. The minimum absolute atomic E-state index is 0.147. The Morgan fingerprint density at radius 3 is 2.87 bits per heavy atom. The van der Waals surface area contributed by atoms with Gasteiger partial charge < -0.3 is 9.84 Å². The van der Waals surface area contributed by atoms with Crippen molar-refractivity contribution in [3.8, 4) is 5.75 Å². The molecular formula is C12H12O3. The molecule has 0 fully saturated rings. The van der Waals surface area contributed by atoms with E-state index in [1.54, 1.807) is 18.2 Å². The summed E-state index contributed by atoms with van der Waals surface area (Å²) in [4.78, 5) is 11.9. The summed E-state index contributed by atoms with van der Waals surface area (Å²) in [6.45, 7) is 1.91. The number of hydrogen-bond donors (Lipinski definition) is 1. The van der Waals surface area contributed by atoms with Crippen LogP contribution in [0.4, 0.5) is 0 Å². The van der Waals surface area contributed by atoms with Crippen LogP contribution in [-0.2, 0) is 0 Å². The number of fused-ring (bicyclic) bond motifs is 1. The van der Waals surface area contributed by atoms with E-state index in [1.165, 1.54) is 0 Å². The molecular weight excluding hydrogens is 192 g/mol. The van der Waals surface area contributed by atoms with Gasteiger partial charge in [-0.1, -0.05) is 19.1 Å². The SMILES string of the molecule is CCC1Oc2ccccc2C(=O)/C1=C/O. The van der Waals surface area contributed by atoms with E-state index < -0.39 is 0 Å². The molecule has 1 aliphatic heterocycles. The summed E-state index contributed by atoms with van der Waals surface area (Å²) in [6, 6.07) is 7.07. The highest BCUT2D eigenvalue weighted by molar-refractivity contribution is 6.11. The lowest BCUT2D eigenvalue weighted by Gasteiger charge is -2.25. The van der Waals surface area contributed by atoms with E-state index in [1.807, 2.05) is 13.0 Å². The molecule has 0 amide bonds. The molecule has 1 atom stereocenters. The van der Waals surface area contributed by atoms with Crippen molar-refractivity contribution < 1.29 is 14.6 Å². The minimum Gasteiger partial charge on any atom is -0.515 e. The normalized spacial score (nSPS) is 22.3. The highest BCUT2D eigenvalue weighted by atomic mass is 16.5. The van der Waals surface area contributed by atoms with Crippen molar-refractivity contribution in [2.75, 3.05) is 0 Å². The van der Waals surface area contributed by atoms with E-state index in [2.05, 4.69) is 0 Å². The maximum Gasteiger partial charge on any atom is 0.199 e. The number of hydrogen-bond acceptors (Lipinski definition) is 3. The maximum atomic E-state index is 11.9. The Labute approximate surface area is 88.0 Å². The number of benzene rings is 1. The summed E-state index contributed by atoms with van der Waals surface area (Å²) in [5, 5.41) is 9.03. The molecule has 3 nitrogen and oxygen atoms in total. The van der Waals surface area contributed by atoms with E-state index in [-0.39, 0.29) is 11.9 Å². The molecule has 1 N–H and O–H groups in total. The molecule has 0 bridgehead atoms. The van der Waals surface area contributed by atoms with Crippen LogP contribution in [-0.4, -0.2) is 17.0 Å². The third-order valence-corrected chi connectivity index (χ3v) is 2.52. The molecule has 15 heavy (non-hydrogen) atoms. The minimum atomic E-state index is -0.336. The van der Waals surface area contributed by atoms with Gasteiger partial charge in [0.2, 0.25) is 0 Å². The number of carbonyl (C=O) groups is 1. The van der Waals surface area contributed by atoms with Gasteiger partial charge in [0.1, 0.15) is 11.9 Å². The van der Waals surface area contributed by atoms with Crippen molar-refractivity contribution in [1.82, 2.24) is 0 Å². The first kappa shape index (κ1) is 9.77. The Kier molecular flexibility index (Phi) is 2.46. The lowest BCUT2D eigenvalue weighted by Crippen LogP contribution is -2.29. The first-order chi connectivity index (χ1) is 7.27. The van der Waals surface area contributed by atoms with Crippen LogP contribution >= 0.6 is 0 Å². The van der Waals surface area contributed by atoms with Gasteiger partial charge in [-0.05, 0) is 18.6 Å². The zero-order valence-corrected chi connectivity index (χ0v) is 8.43. The standard InChI is InChI=1S/C12H12O3/c1-2-10-9(7-13)12(14)8-5-3-4-6-11(8)15-10/h3-7,10,13H,2H2,1H3/b9-7+. The van der Waals surface area contributed by atoms with Gasteiger partial charge in [0.05, 0.1) is 17.4 Å². The molecule has 1 unspecified atom stereocenters. The number of rotatable bonds is 1. The molecule has 1 aliphatic rings. The summed E-state index contributed by atoms with van der Waals surface area (Å²) in [7, 11) is 0. The Balaban J connectivity index is 2.50. The fourth-order valence-corrected chi connectivity index (χ4v) is 1.72. The highest BCUT2D eigenvalue weighted by Crippen LogP contribution is 2.31. The van der Waals surface area contributed by atoms with Crippen LogP contribution in [0.1, 0.15) is 23.7 Å². The fraction of sp³-hybridized carbons (Fsp3) is 0.250. The molecule has 1 heterocycles. The van der Waals surface area contributed by atoms with Gasteiger partial charge in [-0.2, -0.15) is 0 Å². The second-order valence-electron chi connectivity index (χ2n) is 3.42. The summed E-state index contributed by atoms with van der Waals surface area (Å²) in [6.07, 6.45) is 1.18. The predicted octanol–water partition coefficient (Wildman–Crippen LogP) is 2.48. The number of aliphatic hydroxyl groups excluding tert-OH is 1. The first-order valence-corrected chi connectivity index (χ1v) is 4.92. The highest BCUT2D eigenvalue weighted by Gasteiger charge is 2.30. The van der Waals surface area contributed by atoms with Crippen molar-refractivity contribution >= 4 is 5.78 Å². The van der Waals surface area contributed by atoms with Crippen molar-refractivity contribution in [1.29, 1.82) is 0 Å². The summed E-state index contributed by atoms with van der Waals surface area (Å²) >= 11 is 0. The molecule has 0 aromatic heterocycles. The zero-order valence-electron chi connectivity index (χ0n) is 8.43. The second-order valence-corrected chi connectivity index (χ2v) is 3.42. The molecule has 2 rings (SSSR count). The van der Waals surface area contributed by atoms with Gasteiger partial charge in [0, 0.05) is 0 Å². The van der Waals surface area contributed by atoms with Gasteiger partial charge in [-0.15, -0.1) is 0 Å². The lowest BCUT2D eigenvalue weighted by molar-refractivity contribution is 0.0952. The van der Waals surface area contributed by atoms with Crippen LogP contribution in [0.2, 0.25) is 0 Å². The van der Waals surface area contributed by atoms with Gasteiger partial charge in [0.25, 0.3) is 0 Å². The lowest BCUT2D eigenvalue weighted by atomic mass is 9.95. The van der Waals surface area contributed by atoms with Gasteiger partial charge in [-0.3, -0.25) is 4.79 Å². The molecule has 0 saturated carbocycles. The summed E-state index contributed by atoms with van der Waals surface area (Å²) in [5.41, 5.74) is 0.846. The quantitative estimate of drug-likeness (QED) is 0.564. The molecule has 0 saturated heterocycles. The molecule has 78 valence electrons. The van der Waals surface area contributed by atoms with Crippen LogP contribution in [0, 0.1) is 0 Å². The monoisotopic (exact) mass is 204 g/mol. The molecule has 0 radical (unpaired) electrons. The molecule has 1 aromatic rings. The van der Waals surface area contributed by atoms with Crippen LogP contribution < -0.4 is 4.74 Å². The topological polar surface area (TPSA) is 46.5 Å². The van der Waals surface area contributed by atoms with Crippen LogP contribution in [0.25, 0.3) is 0 Å². The van der Waals surface area contributed by atoms with E-state index in [0.717, 1.165) is 6.26 Å². The molecule has 0 spiro atoms. The van der Waals surface area contributed by atoms with Crippen LogP contribution in [0.3, 0.4) is 0 Å². The summed E-state index contributed by atoms with van der Waals surface area (Å²) < 4.78 is 5.61. The third kappa shape index (κ3) is 1.50. The van der Waals surface area contributed by atoms with Gasteiger partial charge in [-0.25, -0.2) is 0 Å². The molecule has 1 aromatic carbocycles. The Morgan fingerprint density at radius 1 is 1.47 bits per heavy atom. The van der Waals surface area contributed by atoms with Crippen molar-refractivity contribution in [3.05, 3.63) is 41.7 Å². The van der Waals surface area contributed by atoms with Crippen LogP contribution in [0.15, 0.2) is 36.1 Å². The number of aliphatic hydroxyl groups is 1. The van der Waals surface area contributed by atoms with Gasteiger partial charge >= 0.3 is 0 Å². The van der Waals surface area contributed by atoms with E-state index in [4.69, 9.17) is 9.84 Å². The van der Waals surface area contributed by atoms with E-state index in [9.17, 15) is 4.79 Å². The second kappa shape index (κ2) is 3.77. The fourth-order valence-electron chi connectivity index (χ4n) is 1.72. The van der Waals surface area contributed by atoms with E-state index in [0.29, 0.717) is 23.3 Å². The number of ketones is 1. The average Bonchev–Trinajstić information content (AvgIpc) is 2.29. The smallest absolute Gasteiger partial charge is 0.199 e. The largest absolute Gasteiger partial charge is 0.515 e. The maximum absolute atomic E-state index is 11.9. The first-order valence-electron chi connectivity index (χ1n) is 4.92. The average molecular weight is 204 g/mol. The third-order valence-electron chi connectivity index (χ3n) is 2.52. The van der Waals surface area contributed by atoms with Crippen molar-refractivity contribution in [2.45, 2.75) is 19.4 Å². The number of Topliss-reactive ketones (excluding diaryl/α,β-unsaturated/α-hetero) is 1. The van der Waals surface area contributed by atoms with Crippen molar-refractivity contribution in [3.63, 3.8) is 0 Å². The van der Waals surface area contributed by atoms with E-state index >= 15 is 0 Å². The molecule has 3 heteroatoms. The Morgan fingerprint density at radius 2 is 2.20 bits per heavy atom. The number of ether oxygens (including phenoxy) is 1. The number of carbonyl (C=O) groups excluding carboxylic acids is 1. The number of para-hydroxylation sites is 1. The van der Waals surface area contributed by atoms with Gasteiger partial charge in [0.15, 0.2) is 5.78 Å². The van der Waals surface area contributed by atoms with Crippen molar-refractivity contribution in [2.24, 2.45) is 0 Å². The predicted molar refractivity (Wildman–Crippen MR) is 56.2 cm³/mol. The summed E-state index contributed by atoms with van der Waals surface area (Å²) in [5.74, 6) is 0.450. The Hall–Kier alpha value is -1.77.